The van der Waals surface area contributed by atoms with Gasteiger partial charge in [-0.2, -0.15) is 0 Å². The summed E-state index contributed by atoms with van der Waals surface area (Å²) in [7, 11) is 1.69. The van der Waals surface area contributed by atoms with E-state index < -0.39 is 0 Å². The van der Waals surface area contributed by atoms with Crippen LogP contribution in [-0.2, 0) is 6.42 Å². The van der Waals surface area contributed by atoms with Gasteiger partial charge in [-0.05, 0) is 42.4 Å². The van der Waals surface area contributed by atoms with Crippen LogP contribution in [0.1, 0.15) is 25.8 Å². The SMILES string of the molecule is C=CCc1ccc(OCCN2CC(C)CC(C)C2)c(OC)c1. The van der Waals surface area contributed by atoms with E-state index in [-0.39, 0.29) is 0 Å². The molecule has 1 aromatic carbocycles. The second-order valence-corrected chi connectivity index (χ2v) is 6.53. The number of hydrogen-bond donors (Lipinski definition) is 0. The summed E-state index contributed by atoms with van der Waals surface area (Å²) >= 11 is 0. The first kappa shape index (κ1) is 16.9. The van der Waals surface area contributed by atoms with Gasteiger partial charge in [-0.25, -0.2) is 0 Å². The Morgan fingerprint density at radius 2 is 1.95 bits per heavy atom. The van der Waals surface area contributed by atoms with E-state index in [9.17, 15) is 0 Å². The summed E-state index contributed by atoms with van der Waals surface area (Å²) < 4.78 is 11.4. The van der Waals surface area contributed by atoms with Gasteiger partial charge in [0.1, 0.15) is 6.61 Å². The highest BCUT2D eigenvalue weighted by Gasteiger charge is 2.21. The van der Waals surface area contributed by atoms with E-state index >= 15 is 0 Å². The fourth-order valence-electron chi connectivity index (χ4n) is 3.38. The van der Waals surface area contributed by atoms with Gasteiger partial charge in [0.2, 0.25) is 0 Å². The van der Waals surface area contributed by atoms with Gasteiger partial charge in [-0.1, -0.05) is 26.0 Å². The second-order valence-electron chi connectivity index (χ2n) is 6.53. The third-order valence-electron chi connectivity index (χ3n) is 4.22. The number of piperidine rings is 1. The summed E-state index contributed by atoms with van der Waals surface area (Å²) in [5.41, 5.74) is 1.19. The Balaban J connectivity index is 1.87. The van der Waals surface area contributed by atoms with E-state index in [2.05, 4.69) is 31.4 Å². The van der Waals surface area contributed by atoms with Crippen LogP contribution < -0.4 is 9.47 Å². The van der Waals surface area contributed by atoms with Crippen LogP contribution in [0.15, 0.2) is 30.9 Å². The number of allylic oxidation sites excluding steroid dienone is 1. The van der Waals surface area contributed by atoms with Crippen molar-refractivity contribution in [2.45, 2.75) is 26.7 Å². The average molecular weight is 303 g/mol. The molecule has 0 bridgehead atoms. The van der Waals surface area contributed by atoms with Crippen LogP contribution in [0, 0.1) is 11.8 Å². The van der Waals surface area contributed by atoms with Gasteiger partial charge < -0.3 is 9.47 Å². The zero-order valence-corrected chi connectivity index (χ0v) is 14.2. The molecule has 0 spiro atoms. The molecule has 2 atom stereocenters. The van der Waals surface area contributed by atoms with E-state index in [1.807, 2.05) is 18.2 Å². The minimum absolute atomic E-state index is 0.705. The predicted octanol–water partition coefficient (Wildman–Crippen LogP) is 3.78. The van der Waals surface area contributed by atoms with E-state index in [1.54, 1.807) is 7.11 Å². The molecule has 0 aliphatic carbocycles. The molecule has 2 unspecified atom stereocenters. The normalized spacial score (nSPS) is 22.3. The molecule has 1 aromatic rings. The number of benzene rings is 1. The Labute approximate surface area is 134 Å². The summed E-state index contributed by atoms with van der Waals surface area (Å²) in [4.78, 5) is 2.51. The molecule has 3 heteroatoms. The number of ether oxygens (including phenoxy) is 2. The van der Waals surface area contributed by atoms with Crippen molar-refractivity contribution in [1.82, 2.24) is 4.90 Å². The summed E-state index contributed by atoms with van der Waals surface area (Å²) in [6.45, 7) is 12.5. The number of likely N-dealkylation sites (tertiary alicyclic amines) is 1. The molecule has 1 heterocycles. The summed E-state index contributed by atoms with van der Waals surface area (Å²) in [6, 6.07) is 6.10. The zero-order chi connectivity index (χ0) is 15.9. The predicted molar refractivity (Wildman–Crippen MR) is 91.8 cm³/mol. The molecule has 0 saturated carbocycles. The third-order valence-corrected chi connectivity index (χ3v) is 4.22. The fourth-order valence-corrected chi connectivity index (χ4v) is 3.38. The Hall–Kier alpha value is -1.48. The highest BCUT2D eigenvalue weighted by molar-refractivity contribution is 5.43. The maximum absolute atomic E-state index is 5.94. The minimum atomic E-state index is 0.705. The van der Waals surface area contributed by atoms with Crippen LogP contribution in [0.2, 0.25) is 0 Å². The molecular weight excluding hydrogens is 274 g/mol. The topological polar surface area (TPSA) is 21.7 Å². The molecule has 0 aromatic heterocycles. The first-order chi connectivity index (χ1) is 10.6. The lowest BCUT2D eigenvalue weighted by Crippen LogP contribution is -2.40. The maximum Gasteiger partial charge on any atom is 0.161 e. The van der Waals surface area contributed by atoms with Gasteiger partial charge in [0, 0.05) is 19.6 Å². The van der Waals surface area contributed by atoms with Gasteiger partial charge in [0.25, 0.3) is 0 Å². The molecule has 0 radical (unpaired) electrons. The monoisotopic (exact) mass is 303 g/mol. The van der Waals surface area contributed by atoms with Crippen LogP contribution >= 0.6 is 0 Å². The second kappa shape index (κ2) is 8.23. The van der Waals surface area contributed by atoms with Crippen LogP contribution in [-0.4, -0.2) is 38.3 Å². The largest absolute Gasteiger partial charge is 0.493 e. The number of methoxy groups -OCH3 is 1. The average Bonchev–Trinajstić information content (AvgIpc) is 2.48. The Morgan fingerprint density at radius 1 is 1.23 bits per heavy atom. The molecule has 22 heavy (non-hydrogen) atoms. The highest BCUT2D eigenvalue weighted by atomic mass is 16.5. The molecule has 3 nitrogen and oxygen atoms in total. The number of nitrogens with zero attached hydrogens (tertiary/aromatic N) is 1. The van der Waals surface area contributed by atoms with Crippen molar-refractivity contribution < 1.29 is 9.47 Å². The molecule has 1 fully saturated rings. The van der Waals surface area contributed by atoms with E-state index in [0.29, 0.717) is 6.61 Å². The van der Waals surface area contributed by atoms with Crippen molar-refractivity contribution in [3.63, 3.8) is 0 Å². The van der Waals surface area contributed by atoms with E-state index in [4.69, 9.17) is 9.47 Å². The quantitative estimate of drug-likeness (QED) is 0.716. The van der Waals surface area contributed by atoms with Gasteiger partial charge in [-0.3, -0.25) is 4.90 Å². The third kappa shape index (κ3) is 4.77. The van der Waals surface area contributed by atoms with Crippen LogP contribution in [0.4, 0.5) is 0 Å². The van der Waals surface area contributed by atoms with Crippen molar-refractivity contribution in [1.29, 1.82) is 0 Å². The first-order valence-electron chi connectivity index (χ1n) is 8.25. The standard InChI is InChI=1S/C19H29NO2/c1-5-6-17-7-8-18(19(12-17)21-4)22-10-9-20-13-15(2)11-16(3)14-20/h5,7-8,12,15-16H,1,6,9-11,13-14H2,2-4H3. The van der Waals surface area contributed by atoms with E-state index in [0.717, 1.165) is 36.3 Å². The lowest BCUT2D eigenvalue weighted by Gasteiger charge is -2.34. The minimum Gasteiger partial charge on any atom is -0.493 e. The van der Waals surface area contributed by atoms with Crippen LogP contribution in [0.3, 0.4) is 0 Å². The Bertz CT molecular complexity index is 476. The first-order valence-corrected chi connectivity index (χ1v) is 8.25. The molecule has 122 valence electrons. The molecule has 0 amide bonds. The lowest BCUT2D eigenvalue weighted by molar-refractivity contribution is 0.120. The van der Waals surface area contributed by atoms with Gasteiger partial charge in [0.15, 0.2) is 11.5 Å². The summed E-state index contributed by atoms with van der Waals surface area (Å²) in [5, 5.41) is 0. The summed E-state index contributed by atoms with van der Waals surface area (Å²) in [6.07, 6.45) is 4.09. The van der Waals surface area contributed by atoms with E-state index in [1.165, 1.54) is 25.1 Å². The van der Waals surface area contributed by atoms with Crippen molar-refractivity contribution in [3.05, 3.63) is 36.4 Å². The molecule has 1 aliphatic rings. The van der Waals surface area contributed by atoms with Crippen molar-refractivity contribution in [2.24, 2.45) is 11.8 Å². The maximum atomic E-state index is 5.94. The van der Waals surface area contributed by atoms with Crippen molar-refractivity contribution in [2.75, 3.05) is 33.4 Å². The van der Waals surface area contributed by atoms with Gasteiger partial charge in [0.05, 0.1) is 7.11 Å². The smallest absolute Gasteiger partial charge is 0.161 e. The van der Waals surface area contributed by atoms with Crippen molar-refractivity contribution >= 4 is 0 Å². The van der Waals surface area contributed by atoms with Gasteiger partial charge in [-0.15, -0.1) is 6.58 Å². The number of hydrogen-bond acceptors (Lipinski definition) is 3. The lowest BCUT2D eigenvalue weighted by atomic mass is 9.92. The molecular formula is C19H29NO2. The molecule has 0 N–H and O–H groups in total. The van der Waals surface area contributed by atoms with Crippen LogP contribution in [0.25, 0.3) is 0 Å². The Kier molecular flexibility index (Phi) is 6.32. The van der Waals surface area contributed by atoms with Gasteiger partial charge >= 0.3 is 0 Å². The highest BCUT2D eigenvalue weighted by Crippen LogP contribution is 2.28. The fraction of sp³-hybridized carbons (Fsp3) is 0.579. The van der Waals surface area contributed by atoms with Crippen LogP contribution in [0.5, 0.6) is 11.5 Å². The molecule has 1 saturated heterocycles. The summed E-state index contributed by atoms with van der Waals surface area (Å²) in [5.74, 6) is 3.21. The van der Waals surface area contributed by atoms with Crippen molar-refractivity contribution in [3.8, 4) is 11.5 Å². The number of rotatable bonds is 7. The molecule has 1 aliphatic heterocycles. The molecule has 2 rings (SSSR count). The zero-order valence-electron chi connectivity index (χ0n) is 14.2. The Morgan fingerprint density at radius 3 is 2.59 bits per heavy atom.